The normalized spacial score (nSPS) is 36.0. The molecule has 1 aromatic heterocycles. The summed E-state index contributed by atoms with van der Waals surface area (Å²) in [6, 6.07) is 0. The van der Waals surface area contributed by atoms with Gasteiger partial charge in [0.15, 0.2) is 0 Å². The Balaban J connectivity index is 1.81. The number of Topliss-reactive ketones (excluding diaryl/α,β-unsaturated/α-hetero) is 1. The average molecular weight is 496 g/mol. The molecule has 0 bridgehead atoms. The topological polar surface area (TPSA) is 118 Å². The summed E-state index contributed by atoms with van der Waals surface area (Å²) in [7, 11) is 0. The molecule has 0 amide bonds. The van der Waals surface area contributed by atoms with E-state index in [0.717, 1.165) is 16.3 Å². The molecule has 8 nitrogen and oxygen atoms in total. The number of aromatic nitrogens is 1. The van der Waals surface area contributed by atoms with Gasteiger partial charge < -0.3 is 24.4 Å². The maximum atomic E-state index is 13.1. The predicted octanol–water partition coefficient (Wildman–Crippen LogP) is 2.93. The van der Waals surface area contributed by atoms with E-state index >= 15 is 0 Å². The van der Waals surface area contributed by atoms with Gasteiger partial charge in [-0.25, -0.2) is 4.98 Å². The summed E-state index contributed by atoms with van der Waals surface area (Å²) in [5, 5.41) is 24.4. The van der Waals surface area contributed by atoms with Crippen molar-refractivity contribution in [3.63, 3.8) is 0 Å². The second kappa shape index (κ2) is 11.0. The van der Waals surface area contributed by atoms with Crippen LogP contribution in [0.3, 0.4) is 0 Å². The molecule has 2 fully saturated rings. The lowest BCUT2D eigenvalue weighted by atomic mass is 9.73. The maximum absolute atomic E-state index is 13.1. The van der Waals surface area contributed by atoms with Crippen molar-refractivity contribution in [1.29, 1.82) is 0 Å². The fourth-order valence-electron chi connectivity index (χ4n) is 4.33. The summed E-state index contributed by atoms with van der Waals surface area (Å²) < 4.78 is 17.3. The lowest BCUT2D eigenvalue weighted by Crippen LogP contribution is -2.46. The molecular weight excluding hydrogens is 458 g/mol. The van der Waals surface area contributed by atoms with Gasteiger partial charge in [0.2, 0.25) is 0 Å². The quantitative estimate of drug-likeness (QED) is 0.475. The molecule has 0 unspecified atom stereocenters. The zero-order valence-electron chi connectivity index (χ0n) is 20.8. The highest BCUT2D eigenvalue weighted by molar-refractivity contribution is 7.09. The molecule has 190 valence electrons. The number of nitrogens with zero attached hydrogens (tertiary/aromatic N) is 1. The molecule has 2 aliphatic heterocycles. The smallest absolute Gasteiger partial charge is 0.309 e. The number of ketones is 1. The molecular formula is C25H37NO7S. The summed E-state index contributed by atoms with van der Waals surface area (Å²) >= 11 is 1.54. The SMILES string of the molecule is C/C(=C\c1csc(C)n1)[C@H]1C[C@@H]2O[C@@H]2COC[C@@H](C)[C@@H](O)[C@H](C)C(=O)C(C)(C)[C@H](O)CC(=O)O1. The number of cyclic esters (lactones) is 1. The molecule has 1 aromatic rings. The summed E-state index contributed by atoms with van der Waals surface area (Å²) in [6.07, 6.45) is -0.942. The van der Waals surface area contributed by atoms with Gasteiger partial charge in [-0.05, 0) is 25.5 Å². The van der Waals surface area contributed by atoms with Crippen LogP contribution in [-0.4, -0.2) is 70.7 Å². The lowest BCUT2D eigenvalue weighted by molar-refractivity contribution is -0.154. The highest BCUT2D eigenvalue weighted by Crippen LogP contribution is 2.34. The number of rotatable bonds is 2. The molecule has 3 rings (SSSR count). The van der Waals surface area contributed by atoms with Gasteiger partial charge in [-0.15, -0.1) is 11.3 Å². The molecule has 7 atom stereocenters. The number of thiazole rings is 1. The van der Waals surface area contributed by atoms with E-state index in [1.807, 2.05) is 32.2 Å². The number of carbonyl (C=O) groups is 2. The minimum Gasteiger partial charge on any atom is -0.458 e. The maximum Gasteiger partial charge on any atom is 0.309 e. The van der Waals surface area contributed by atoms with E-state index in [9.17, 15) is 19.8 Å². The van der Waals surface area contributed by atoms with Crippen LogP contribution in [0.1, 0.15) is 58.2 Å². The first-order valence-electron chi connectivity index (χ1n) is 11.8. The summed E-state index contributed by atoms with van der Waals surface area (Å²) in [5.74, 6) is -1.91. The summed E-state index contributed by atoms with van der Waals surface area (Å²) in [4.78, 5) is 30.4. The van der Waals surface area contributed by atoms with Crippen LogP contribution in [0.2, 0.25) is 0 Å². The third-order valence-corrected chi connectivity index (χ3v) is 7.72. The minimum atomic E-state index is -1.25. The Bertz CT molecular complexity index is 911. The first-order chi connectivity index (χ1) is 15.9. The van der Waals surface area contributed by atoms with Gasteiger partial charge in [-0.3, -0.25) is 9.59 Å². The second-order valence-electron chi connectivity index (χ2n) is 10.2. The highest BCUT2D eigenvalue weighted by Gasteiger charge is 2.44. The van der Waals surface area contributed by atoms with E-state index < -0.39 is 35.6 Å². The monoisotopic (exact) mass is 495 g/mol. The van der Waals surface area contributed by atoms with Crippen molar-refractivity contribution < 1.29 is 34.0 Å². The van der Waals surface area contributed by atoms with Crippen molar-refractivity contribution in [2.24, 2.45) is 17.3 Å². The molecule has 0 radical (unpaired) electrons. The van der Waals surface area contributed by atoms with Crippen LogP contribution in [0.15, 0.2) is 11.0 Å². The number of aliphatic hydroxyl groups excluding tert-OH is 2. The Labute approximate surface area is 205 Å². The van der Waals surface area contributed by atoms with Crippen molar-refractivity contribution in [2.75, 3.05) is 13.2 Å². The van der Waals surface area contributed by atoms with Gasteiger partial charge >= 0.3 is 5.97 Å². The number of hydrogen-bond donors (Lipinski definition) is 2. The molecule has 0 aromatic carbocycles. The van der Waals surface area contributed by atoms with E-state index in [4.69, 9.17) is 14.2 Å². The second-order valence-corrected chi connectivity index (χ2v) is 11.3. The van der Waals surface area contributed by atoms with Gasteiger partial charge in [0.25, 0.3) is 0 Å². The van der Waals surface area contributed by atoms with E-state index in [0.29, 0.717) is 13.0 Å². The number of aryl methyl sites for hydroxylation is 1. The van der Waals surface area contributed by atoms with Gasteiger partial charge in [0.05, 0.1) is 54.1 Å². The molecule has 34 heavy (non-hydrogen) atoms. The molecule has 0 spiro atoms. The fourth-order valence-corrected chi connectivity index (χ4v) is 4.90. The molecule has 0 saturated carbocycles. The Morgan fingerprint density at radius 2 is 1.91 bits per heavy atom. The van der Waals surface area contributed by atoms with Crippen LogP contribution in [0.25, 0.3) is 6.08 Å². The molecule has 2 N–H and O–H groups in total. The first kappa shape index (κ1) is 26.9. The molecule has 3 heterocycles. The van der Waals surface area contributed by atoms with Crippen LogP contribution < -0.4 is 0 Å². The van der Waals surface area contributed by atoms with Crippen LogP contribution in [0.4, 0.5) is 0 Å². The number of ether oxygens (including phenoxy) is 3. The van der Waals surface area contributed by atoms with Crippen molar-refractivity contribution in [3.8, 4) is 0 Å². The van der Waals surface area contributed by atoms with Crippen molar-refractivity contribution >= 4 is 29.2 Å². The van der Waals surface area contributed by atoms with E-state index in [-0.39, 0.29) is 36.9 Å². The zero-order valence-corrected chi connectivity index (χ0v) is 21.6. The van der Waals surface area contributed by atoms with E-state index in [1.165, 1.54) is 0 Å². The number of aliphatic hydroxyl groups is 2. The number of epoxide rings is 1. The highest BCUT2D eigenvalue weighted by atomic mass is 32.1. The number of carbonyl (C=O) groups excluding carboxylic acids is 2. The summed E-state index contributed by atoms with van der Waals surface area (Å²) in [6.45, 7) is 11.1. The van der Waals surface area contributed by atoms with Crippen LogP contribution >= 0.6 is 11.3 Å². The molecule has 2 saturated heterocycles. The average Bonchev–Trinajstić information content (AvgIpc) is 3.38. The van der Waals surface area contributed by atoms with Gasteiger partial charge in [0.1, 0.15) is 18.0 Å². The van der Waals surface area contributed by atoms with Gasteiger partial charge in [-0.2, -0.15) is 0 Å². The van der Waals surface area contributed by atoms with Crippen LogP contribution in [0, 0.1) is 24.2 Å². The molecule has 2 aliphatic rings. The Kier molecular flexibility index (Phi) is 8.68. The van der Waals surface area contributed by atoms with Crippen molar-refractivity contribution in [2.45, 2.75) is 84.9 Å². The third kappa shape index (κ3) is 6.51. The number of esters is 1. The summed E-state index contributed by atoms with van der Waals surface area (Å²) in [5.41, 5.74) is 0.387. The van der Waals surface area contributed by atoms with Crippen LogP contribution in [0.5, 0.6) is 0 Å². The van der Waals surface area contributed by atoms with Crippen molar-refractivity contribution in [1.82, 2.24) is 4.98 Å². The Morgan fingerprint density at radius 3 is 2.56 bits per heavy atom. The van der Waals surface area contributed by atoms with E-state index in [1.54, 1.807) is 32.1 Å². The van der Waals surface area contributed by atoms with Crippen LogP contribution in [-0.2, 0) is 23.8 Å². The predicted molar refractivity (Wildman–Crippen MR) is 128 cm³/mol. The lowest BCUT2D eigenvalue weighted by Gasteiger charge is -2.34. The largest absolute Gasteiger partial charge is 0.458 e. The standard InChI is InChI=1S/C25H37NO7S/c1-13(7-17-12-34-16(4)26-17)18-8-19-20(32-19)11-31-10-14(2)23(29)15(3)24(30)25(5,6)21(27)9-22(28)33-18/h7,12,14-15,18-21,23,27,29H,8-11H2,1-6H3/b13-7+/t14-,15+,18-,19+,20-,21-,23-/m1/s1. The third-order valence-electron chi connectivity index (χ3n) is 6.93. The molecule has 0 aliphatic carbocycles. The van der Waals surface area contributed by atoms with Gasteiger partial charge in [0, 0.05) is 23.6 Å². The van der Waals surface area contributed by atoms with E-state index in [2.05, 4.69) is 4.98 Å². The minimum absolute atomic E-state index is 0.114. The molecule has 9 heteroatoms. The van der Waals surface area contributed by atoms with Crippen molar-refractivity contribution in [3.05, 3.63) is 21.7 Å². The first-order valence-corrected chi connectivity index (χ1v) is 12.7. The van der Waals surface area contributed by atoms with Gasteiger partial charge in [-0.1, -0.05) is 27.7 Å². The Morgan fingerprint density at radius 1 is 1.21 bits per heavy atom. The number of hydrogen-bond acceptors (Lipinski definition) is 9. The Hall–Kier alpha value is -1.65. The zero-order chi connectivity index (χ0) is 25.2. The fraction of sp³-hybridized carbons (Fsp3) is 0.720. The number of fused-ring (bicyclic) bond motifs is 1.